The van der Waals surface area contributed by atoms with Crippen molar-refractivity contribution in [3.05, 3.63) is 79.2 Å². The topological polar surface area (TPSA) is 79.4 Å². The molecule has 0 amide bonds. The molecule has 3 rings (SSSR count). The number of carbonyl (C=O) groups excluding carboxylic acids is 1. The van der Waals surface area contributed by atoms with Crippen molar-refractivity contribution >= 4 is 29.3 Å². The molecule has 3 aromatic rings. The van der Waals surface area contributed by atoms with E-state index in [1.807, 2.05) is 0 Å². The van der Waals surface area contributed by atoms with Gasteiger partial charge in [0.1, 0.15) is 11.5 Å². The van der Waals surface area contributed by atoms with Crippen LogP contribution in [0.1, 0.15) is 15.9 Å². The molecular weight excluding hydrogens is 338 g/mol. The van der Waals surface area contributed by atoms with Gasteiger partial charge in [0, 0.05) is 6.08 Å². The maximum Gasteiger partial charge on any atom is 0.266 e. The summed E-state index contributed by atoms with van der Waals surface area (Å²) in [5, 5.41) is 9.49. The third kappa shape index (κ3) is 3.87. The van der Waals surface area contributed by atoms with Crippen LogP contribution in [0.4, 0.5) is 0 Å². The van der Waals surface area contributed by atoms with Crippen molar-refractivity contribution in [3.8, 4) is 11.5 Å². The summed E-state index contributed by atoms with van der Waals surface area (Å²) < 4.78 is 6.08. The molecule has 1 heterocycles. The van der Waals surface area contributed by atoms with Crippen LogP contribution < -0.4 is 19.5 Å². The number of hydrogen-bond acceptors (Lipinski definition) is 5. The number of thiazole rings is 1. The number of rotatable bonds is 4. The zero-order chi connectivity index (χ0) is 17.8. The summed E-state index contributed by atoms with van der Waals surface area (Å²) >= 11 is 1.17. The summed E-state index contributed by atoms with van der Waals surface area (Å²) in [5.41, 5.74) is 0.847. The van der Waals surface area contributed by atoms with Gasteiger partial charge in [-0.25, -0.2) is 0 Å². The number of phenolic OH excluding ortho intramolecular Hbond substituents is 1. The minimum absolute atomic E-state index is 0.125. The number of nitrogens with one attached hydrogen (secondary N) is 1. The van der Waals surface area contributed by atoms with Crippen molar-refractivity contribution in [1.82, 2.24) is 4.98 Å². The van der Waals surface area contributed by atoms with Crippen molar-refractivity contribution in [2.45, 2.75) is 0 Å². The first kappa shape index (κ1) is 16.7. The number of aromatic hydroxyl groups is 1. The number of phenols is 1. The average molecular weight is 353 g/mol. The molecule has 1 aromatic heterocycles. The van der Waals surface area contributed by atoms with E-state index in [1.165, 1.54) is 24.5 Å². The fourth-order valence-electron chi connectivity index (χ4n) is 2.34. The lowest BCUT2D eigenvalue weighted by Crippen LogP contribution is -2.20. The highest BCUT2D eigenvalue weighted by atomic mass is 32.1. The molecule has 0 saturated heterocycles. The van der Waals surface area contributed by atoms with E-state index in [1.54, 1.807) is 54.6 Å². The number of ketones is 1. The van der Waals surface area contributed by atoms with E-state index < -0.39 is 0 Å². The molecule has 126 valence electrons. The molecule has 2 N–H and O–H groups in total. The molecule has 0 fully saturated rings. The summed E-state index contributed by atoms with van der Waals surface area (Å²) in [5.74, 6) is 0.355. The number of carbonyl (C=O) groups is 1. The number of methoxy groups -OCH3 is 1. The lowest BCUT2D eigenvalue weighted by Gasteiger charge is -2.03. The lowest BCUT2D eigenvalue weighted by atomic mass is 10.1. The van der Waals surface area contributed by atoms with E-state index in [-0.39, 0.29) is 17.1 Å². The highest BCUT2D eigenvalue weighted by molar-refractivity contribution is 7.07. The molecule has 0 spiro atoms. The number of Topliss-reactive ketones (excluding diaryl/α,β-unsaturated/α-hetero) is 1. The van der Waals surface area contributed by atoms with Crippen LogP contribution in [0.15, 0.2) is 53.3 Å². The minimum Gasteiger partial charge on any atom is -0.508 e. The van der Waals surface area contributed by atoms with E-state index in [2.05, 4.69) is 4.98 Å². The molecule has 2 aromatic carbocycles. The van der Waals surface area contributed by atoms with Gasteiger partial charge < -0.3 is 14.8 Å². The molecule has 0 bridgehead atoms. The van der Waals surface area contributed by atoms with Gasteiger partial charge in [0.05, 0.1) is 21.9 Å². The van der Waals surface area contributed by atoms with E-state index in [0.29, 0.717) is 26.1 Å². The predicted octanol–water partition coefficient (Wildman–Crippen LogP) is 1.64. The van der Waals surface area contributed by atoms with Crippen molar-refractivity contribution < 1.29 is 14.6 Å². The first-order chi connectivity index (χ1) is 12.1. The third-order valence-electron chi connectivity index (χ3n) is 3.48. The molecule has 0 aliphatic carbocycles. The standard InChI is InChI=1S/C19H15NO4S/c1-24-16-8-3-2-7-14(16)15(22)11-18-20-19(23)17(25-18)10-12-5-4-6-13(21)9-12/h2-11,21H,1H3,(H,20,23)/b17-10+,18-11+. The second kappa shape index (κ2) is 7.19. The number of aromatic nitrogens is 1. The number of benzene rings is 2. The van der Waals surface area contributed by atoms with Crippen LogP contribution in [0, 0.1) is 0 Å². The molecule has 0 atom stereocenters. The lowest BCUT2D eigenvalue weighted by molar-refractivity contribution is 0.105. The number of hydrogen-bond donors (Lipinski definition) is 2. The second-order valence-electron chi connectivity index (χ2n) is 5.23. The monoisotopic (exact) mass is 353 g/mol. The van der Waals surface area contributed by atoms with Crippen molar-refractivity contribution in [3.63, 3.8) is 0 Å². The van der Waals surface area contributed by atoms with Crippen LogP contribution in [0.5, 0.6) is 11.5 Å². The highest BCUT2D eigenvalue weighted by Gasteiger charge is 2.09. The Kier molecular flexibility index (Phi) is 4.81. The maximum absolute atomic E-state index is 12.4. The molecule has 5 nitrogen and oxygen atoms in total. The molecule has 0 aliphatic heterocycles. The number of ether oxygens (including phenoxy) is 1. The van der Waals surface area contributed by atoms with Gasteiger partial charge >= 0.3 is 0 Å². The zero-order valence-corrected chi connectivity index (χ0v) is 14.2. The van der Waals surface area contributed by atoms with E-state index >= 15 is 0 Å². The molecule has 0 aliphatic rings. The number of aromatic amines is 1. The normalized spacial score (nSPS) is 12.4. The van der Waals surface area contributed by atoms with Gasteiger partial charge in [0.25, 0.3) is 5.56 Å². The summed E-state index contributed by atoms with van der Waals surface area (Å²) in [6, 6.07) is 13.5. The molecular formula is C19H15NO4S. The quantitative estimate of drug-likeness (QED) is 0.699. The molecule has 0 saturated carbocycles. The van der Waals surface area contributed by atoms with Crippen molar-refractivity contribution in [2.24, 2.45) is 0 Å². The van der Waals surface area contributed by atoms with E-state index in [4.69, 9.17) is 4.74 Å². The van der Waals surface area contributed by atoms with E-state index in [0.717, 1.165) is 0 Å². The zero-order valence-electron chi connectivity index (χ0n) is 13.4. The van der Waals surface area contributed by atoms with Crippen molar-refractivity contribution in [2.75, 3.05) is 7.11 Å². The van der Waals surface area contributed by atoms with Gasteiger partial charge in [-0.1, -0.05) is 24.3 Å². The van der Waals surface area contributed by atoms with Crippen LogP contribution in [0.2, 0.25) is 0 Å². The summed E-state index contributed by atoms with van der Waals surface area (Å²) in [4.78, 5) is 27.2. The number of H-pyrrole nitrogens is 1. The maximum atomic E-state index is 12.4. The predicted molar refractivity (Wildman–Crippen MR) is 97.7 cm³/mol. The number of para-hydroxylation sites is 1. The van der Waals surface area contributed by atoms with Crippen molar-refractivity contribution in [1.29, 1.82) is 0 Å². The first-order valence-electron chi connectivity index (χ1n) is 7.46. The van der Waals surface area contributed by atoms with Gasteiger partial charge in [-0.05, 0) is 35.9 Å². The fraction of sp³-hybridized carbons (Fsp3) is 0.0526. The van der Waals surface area contributed by atoms with Crippen LogP contribution in [0.3, 0.4) is 0 Å². The van der Waals surface area contributed by atoms with Gasteiger partial charge in [-0.3, -0.25) is 9.59 Å². The Morgan fingerprint density at radius 2 is 2.00 bits per heavy atom. The Hall–Kier alpha value is -3.12. The highest BCUT2D eigenvalue weighted by Crippen LogP contribution is 2.18. The van der Waals surface area contributed by atoms with Gasteiger partial charge in [-0.2, -0.15) is 0 Å². The SMILES string of the molecule is COc1ccccc1C(=O)/C=c1\[nH]c(=O)/c(=C\c2cccc(O)c2)s1. The second-order valence-corrected chi connectivity index (χ2v) is 6.32. The molecule has 6 heteroatoms. The Bertz CT molecular complexity index is 1090. The van der Waals surface area contributed by atoms with Gasteiger partial charge in [-0.15, -0.1) is 11.3 Å². The summed E-state index contributed by atoms with van der Waals surface area (Å²) in [6.07, 6.45) is 3.04. The van der Waals surface area contributed by atoms with Crippen LogP contribution in [-0.2, 0) is 0 Å². The van der Waals surface area contributed by atoms with Gasteiger partial charge in [0.2, 0.25) is 0 Å². The molecule has 25 heavy (non-hydrogen) atoms. The smallest absolute Gasteiger partial charge is 0.266 e. The van der Waals surface area contributed by atoms with Gasteiger partial charge in [0.15, 0.2) is 5.78 Å². The summed E-state index contributed by atoms with van der Waals surface area (Å²) in [6.45, 7) is 0. The average Bonchev–Trinajstić information content (AvgIpc) is 2.94. The fourth-order valence-corrected chi connectivity index (χ4v) is 3.22. The summed E-state index contributed by atoms with van der Waals surface area (Å²) in [7, 11) is 1.50. The van der Waals surface area contributed by atoms with Crippen LogP contribution in [-0.4, -0.2) is 23.0 Å². The Morgan fingerprint density at radius 1 is 1.20 bits per heavy atom. The first-order valence-corrected chi connectivity index (χ1v) is 8.27. The largest absolute Gasteiger partial charge is 0.508 e. The minimum atomic E-state index is -0.285. The molecule has 0 unspecified atom stereocenters. The van der Waals surface area contributed by atoms with Crippen LogP contribution in [0.25, 0.3) is 12.2 Å². The third-order valence-corrected chi connectivity index (χ3v) is 4.45. The Balaban J connectivity index is 2.01. The van der Waals surface area contributed by atoms with Crippen LogP contribution >= 0.6 is 11.3 Å². The molecule has 0 radical (unpaired) electrons. The Labute approximate surface area is 147 Å². The Morgan fingerprint density at radius 3 is 2.76 bits per heavy atom. The van der Waals surface area contributed by atoms with E-state index in [9.17, 15) is 14.7 Å².